The number of hydrogen-bond acceptors (Lipinski definition) is 9. The molecule has 0 aliphatic heterocycles. The maximum atomic E-state index is 13.2. The molecular formula is C20H18N2O7. The summed E-state index contributed by atoms with van der Waals surface area (Å²) in [5.41, 5.74) is -2.75. The zero-order chi connectivity index (χ0) is 22.0. The first-order valence-corrected chi connectivity index (χ1v) is 8.29. The minimum Gasteiger partial charge on any atom is -0.465 e. The van der Waals surface area contributed by atoms with E-state index in [2.05, 4.69) is 9.47 Å². The Balaban J connectivity index is 3.77. The molecule has 0 amide bonds. The number of Topliss-reactive ketones (excluding diaryl/α,β-unsaturated/α-hetero) is 1. The van der Waals surface area contributed by atoms with E-state index in [0.29, 0.717) is 6.42 Å². The van der Waals surface area contributed by atoms with Gasteiger partial charge in [0, 0.05) is 5.56 Å². The first kappa shape index (κ1) is 23.0. The first-order chi connectivity index (χ1) is 13.9. The fraction of sp³-hybridized carbons (Fsp3) is 0.250. The van der Waals surface area contributed by atoms with Crippen molar-refractivity contribution < 1.29 is 33.4 Å². The topological polar surface area (TPSA) is 144 Å². The van der Waals surface area contributed by atoms with Crippen LogP contribution >= 0.6 is 0 Å². The van der Waals surface area contributed by atoms with Gasteiger partial charge in [0.2, 0.25) is 0 Å². The lowest BCUT2D eigenvalue weighted by Gasteiger charge is -2.12. The average molecular weight is 398 g/mol. The summed E-state index contributed by atoms with van der Waals surface area (Å²) in [5.74, 6) is -2.51. The number of esters is 3. The van der Waals surface area contributed by atoms with Crippen LogP contribution in [0.4, 0.5) is 0 Å². The van der Waals surface area contributed by atoms with Gasteiger partial charge < -0.3 is 14.2 Å². The van der Waals surface area contributed by atoms with E-state index in [-0.39, 0.29) is 17.7 Å². The molecule has 150 valence electrons. The van der Waals surface area contributed by atoms with Crippen molar-refractivity contribution in [1.29, 1.82) is 10.7 Å². The lowest BCUT2D eigenvalue weighted by molar-refractivity contribution is -0.135. The molecule has 1 aromatic rings. The van der Waals surface area contributed by atoms with Gasteiger partial charge in [0.05, 0.1) is 32.0 Å². The van der Waals surface area contributed by atoms with E-state index >= 15 is 0 Å². The van der Waals surface area contributed by atoms with Gasteiger partial charge >= 0.3 is 17.9 Å². The summed E-state index contributed by atoms with van der Waals surface area (Å²) in [7, 11) is 1.96. The molecule has 9 heteroatoms. The minimum absolute atomic E-state index is 0.115. The van der Waals surface area contributed by atoms with Gasteiger partial charge in [-0.25, -0.2) is 14.4 Å². The van der Waals surface area contributed by atoms with Crippen LogP contribution in [0.15, 0.2) is 41.0 Å². The Bertz CT molecular complexity index is 963. The molecule has 1 N–H and O–H groups in total. The Morgan fingerprint density at radius 3 is 2.10 bits per heavy atom. The van der Waals surface area contributed by atoms with Gasteiger partial charge in [0.25, 0.3) is 0 Å². The van der Waals surface area contributed by atoms with Gasteiger partial charge in [-0.3, -0.25) is 10.2 Å². The van der Waals surface area contributed by atoms with Crippen LogP contribution in [0.1, 0.15) is 34.1 Å². The summed E-state index contributed by atoms with van der Waals surface area (Å²) >= 11 is 0. The predicted molar refractivity (Wildman–Crippen MR) is 99.3 cm³/mol. The number of carbonyl (C=O) groups excluding carboxylic acids is 4. The lowest BCUT2D eigenvalue weighted by atomic mass is 9.90. The van der Waals surface area contributed by atoms with Crippen molar-refractivity contribution >= 4 is 29.6 Å². The van der Waals surface area contributed by atoms with E-state index in [0.717, 1.165) is 14.2 Å². The van der Waals surface area contributed by atoms with Crippen molar-refractivity contribution in [2.45, 2.75) is 13.3 Å². The minimum atomic E-state index is -1.21. The monoisotopic (exact) mass is 398 g/mol. The van der Waals surface area contributed by atoms with Crippen LogP contribution in [0.25, 0.3) is 0 Å². The van der Waals surface area contributed by atoms with Crippen LogP contribution in [0.2, 0.25) is 0 Å². The molecule has 0 aromatic heterocycles. The average Bonchev–Trinajstić information content (AvgIpc) is 2.76. The zero-order valence-electron chi connectivity index (χ0n) is 16.0. The largest absolute Gasteiger partial charge is 0.465 e. The SMILES string of the molecule is CCCOC(=O)c1ccccc1C(=O)/C(C(=C=N)C(=O)OC)=C(\C#N)C(=O)OC. The third-order valence-corrected chi connectivity index (χ3v) is 3.57. The molecule has 0 fully saturated rings. The number of methoxy groups -OCH3 is 2. The van der Waals surface area contributed by atoms with Crippen molar-refractivity contribution in [2.24, 2.45) is 0 Å². The van der Waals surface area contributed by atoms with E-state index < -0.39 is 40.4 Å². The van der Waals surface area contributed by atoms with Crippen LogP contribution < -0.4 is 0 Å². The van der Waals surface area contributed by atoms with E-state index in [1.54, 1.807) is 12.8 Å². The van der Waals surface area contributed by atoms with Gasteiger partial charge in [0.1, 0.15) is 17.2 Å². The third-order valence-electron chi connectivity index (χ3n) is 3.57. The molecule has 29 heavy (non-hydrogen) atoms. The summed E-state index contributed by atoms with van der Waals surface area (Å²) in [4.78, 5) is 49.6. The molecule has 0 aliphatic carbocycles. The molecule has 0 aliphatic rings. The molecule has 0 bridgehead atoms. The summed E-state index contributed by atoms with van der Waals surface area (Å²) in [6.07, 6.45) is 0.553. The standard InChI is InChI=1S/C20H18N2O7/c1-4-9-29-20(26)13-8-6-5-7-12(13)17(23)16(14(10-21)18(24)27-2)15(11-22)19(25)28-3/h5-8,21H,4,9H2,1-3H3/b16-15+. The van der Waals surface area contributed by atoms with E-state index in [1.807, 2.05) is 0 Å². The van der Waals surface area contributed by atoms with Gasteiger partial charge in [-0.2, -0.15) is 5.26 Å². The van der Waals surface area contributed by atoms with Gasteiger partial charge in [-0.05, 0) is 18.4 Å². The number of hydrogen-bond donors (Lipinski definition) is 1. The fourth-order valence-electron chi connectivity index (χ4n) is 2.24. The zero-order valence-corrected chi connectivity index (χ0v) is 16.0. The van der Waals surface area contributed by atoms with Crippen molar-refractivity contribution in [2.75, 3.05) is 20.8 Å². The van der Waals surface area contributed by atoms with E-state index in [1.165, 1.54) is 30.3 Å². The lowest BCUT2D eigenvalue weighted by Crippen LogP contribution is -2.22. The molecule has 0 saturated heterocycles. The third kappa shape index (κ3) is 5.25. The van der Waals surface area contributed by atoms with Crippen molar-refractivity contribution in [3.05, 3.63) is 52.1 Å². The van der Waals surface area contributed by atoms with Gasteiger partial charge in [-0.15, -0.1) is 0 Å². The predicted octanol–water partition coefficient (Wildman–Crippen LogP) is 1.78. The number of nitrogens with zero attached hydrogens (tertiary/aromatic N) is 1. The number of ether oxygens (including phenoxy) is 3. The van der Waals surface area contributed by atoms with E-state index in [9.17, 15) is 24.4 Å². The number of nitrogens with one attached hydrogen (secondary N) is 1. The number of carbonyl (C=O) groups is 4. The molecular weight excluding hydrogens is 380 g/mol. The molecule has 0 radical (unpaired) electrons. The summed E-state index contributed by atoms with van der Waals surface area (Å²) in [5, 5.41) is 16.7. The van der Waals surface area contributed by atoms with Crippen molar-refractivity contribution in [3.8, 4) is 6.07 Å². The highest BCUT2D eigenvalue weighted by atomic mass is 16.5. The van der Waals surface area contributed by atoms with Crippen LogP contribution in [0.5, 0.6) is 0 Å². The van der Waals surface area contributed by atoms with Crippen LogP contribution in [0, 0.1) is 16.7 Å². The number of rotatable bonds is 8. The maximum Gasteiger partial charge on any atom is 0.349 e. The highest BCUT2D eigenvalue weighted by Crippen LogP contribution is 2.23. The Morgan fingerprint density at radius 2 is 1.62 bits per heavy atom. The Kier molecular flexibility index (Phi) is 8.71. The highest BCUT2D eigenvalue weighted by Gasteiger charge is 2.32. The summed E-state index contributed by atoms with van der Waals surface area (Å²) in [6.45, 7) is 1.90. The molecule has 0 unspecified atom stereocenters. The Hall–Kier alpha value is -4.02. The molecule has 0 atom stereocenters. The summed E-state index contributed by atoms with van der Waals surface area (Å²) in [6, 6.07) is 7.00. The molecule has 0 spiro atoms. The first-order valence-electron chi connectivity index (χ1n) is 8.29. The van der Waals surface area contributed by atoms with Crippen LogP contribution in [-0.2, 0) is 23.8 Å². The second-order valence-corrected chi connectivity index (χ2v) is 5.36. The highest BCUT2D eigenvalue weighted by molar-refractivity contribution is 6.25. The fourth-order valence-corrected chi connectivity index (χ4v) is 2.24. The molecule has 9 nitrogen and oxygen atoms in total. The quantitative estimate of drug-likeness (QED) is 0.133. The summed E-state index contributed by atoms with van der Waals surface area (Å²) < 4.78 is 14.0. The van der Waals surface area contributed by atoms with Gasteiger partial charge in [0.15, 0.2) is 5.78 Å². The van der Waals surface area contributed by atoms with Gasteiger partial charge in [-0.1, -0.05) is 25.1 Å². The number of nitriles is 1. The van der Waals surface area contributed by atoms with Crippen molar-refractivity contribution in [1.82, 2.24) is 0 Å². The Morgan fingerprint density at radius 1 is 1.03 bits per heavy atom. The smallest absolute Gasteiger partial charge is 0.349 e. The van der Waals surface area contributed by atoms with Crippen LogP contribution in [0.3, 0.4) is 0 Å². The second kappa shape index (κ2) is 11.0. The molecule has 0 heterocycles. The normalized spacial score (nSPS) is 10.6. The van der Waals surface area contributed by atoms with Crippen molar-refractivity contribution in [3.63, 3.8) is 0 Å². The second-order valence-electron chi connectivity index (χ2n) is 5.36. The molecule has 1 rings (SSSR count). The maximum absolute atomic E-state index is 13.2. The Labute approximate surface area is 166 Å². The number of ketones is 1. The van der Waals surface area contributed by atoms with Crippen LogP contribution in [-0.4, -0.2) is 50.4 Å². The molecule has 1 aromatic carbocycles. The van der Waals surface area contributed by atoms with E-state index in [4.69, 9.17) is 10.1 Å². The number of benzene rings is 1. The molecule has 0 saturated carbocycles.